The van der Waals surface area contributed by atoms with Crippen molar-refractivity contribution >= 4 is 29.2 Å². The molecule has 0 aliphatic rings. The van der Waals surface area contributed by atoms with E-state index in [0.717, 1.165) is 18.2 Å². The first-order chi connectivity index (χ1) is 12.2. The standard InChI is InChI=1S/C17H10ClF3N2O3/c18-13-5-4-11(8-22)14(7-13)23-15(24)9-26-16(25)10-2-1-3-12(6-10)17(19,20)21/h1-7H,9H2,(H,23,24). The number of anilines is 1. The summed E-state index contributed by atoms with van der Waals surface area (Å²) in [6.07, 6.45) is -4.60. The summed E-state index contributed by atoms with van der Waals surface area (Å²) >= 11 is 5.78. The van der Waals surface area contributed by atoms with Gasteiger partial charge in [-0.25, -0.2) is 4.79 Å². The average Bonchev–Trinajstić information content (AvgIpc) is 2.59. The van der Waals surface area contributed by atoms with Crippen molar-refractivity contribution in [3.05, 3.63) is 64.2 Å². The molecule has 1 N–H and O–H groups in total. The third-order valence-corrected chi connectivity index (χ3v) is 3.37. The molecule has 0 spiro atoms. The number of amides is 1. The van der Waals surface area contributed by atoms with Crippen molar-refractivity contribution < 1.29 is 27.5 Å². The number of hydrogen-bond acceptors (Lipinski definition) is 4. The number of hydrogen-bond donors (Lipinski definition) is 1. The van der Waals surface area contributed by atoms with E-state index >= 15 is 0 Å². The topological polar surface area (TPSA) is 79.2 Å². The van der Waals surface area contributed by atoms with E-state index < -0.39 is 30.2 Å². The summed E-state index contributed by atoms with van der Waals surface area (Å²) < 4.78 is 42.6. The fraction of sp³-hybridized carbons (Fsp3) is 0.118. The van der Waals surface area contributed by atoms with Crippen molar-refractivity contribution in [3.63, 3.8) is 0 Å². The maximum absolute atomic E-state index is 12.6. The normalized spacial score (nSPS) is 10.7. The zero-order valence-corrected chi connectivity index (χ0v) is 13.7. The van der Waals surface area contributed by atoms with Gasteiger partial charge in [-0.1, -0.05) is 17.7 Å². The second kappa shape index (κ2) is 7.89. The molecule has 0 aliphatic heterocycles. The van der Waals surface area contributed by atoms with Crippen molar-refractivity contribution in [2.45, 2.75) is 6.18 Å². The van der Waals surface area contributed by atoms with E-state index in [-0.39, 0.29) is 21.8 Å². The van der Waals surface area contributed by atoms with E-state index in [4.69, 9.17) is 21.6 Å². The Morgan fingerprint density at radius 2 is 1.92 bits per heavy atom. The highest BCUT2D eigenvalue weighted by Gasteiger charge is 2.31. The largest absolute Gasteiger partial charge is 0.452 e. The number of alkyl halides is 3. The quantitative estimate of drug-likeness (QED) is 0.810. The number of nitriles is 1. The molecule has 0 heterocycles. The van der Waals surface area contributed by atoms with Crippen LogP contribution in [-0.4, -0.2) is 18.5 Å². The van der Waals surface area contributed by atoms with Crippen LogP contribution >= 0.6 is 11.6 Å². The summed E-state index contributed by atoms with van der Waals surface area (Å²) in [7, 11) is 0. The van der Waals surface area contributed by atoms with Gasteiger partial charge >= 0.3 is 12.1 Å². The van der Waals surface area contributed by atoms with Crippen LogP contribution in [0.1, 0.15) is 21.5 Å². The van der Waals surface area contributed by atoms with Gasteiger partial charge in [0, 0.05) is 5.02 Å². The van der Waals surface area contributed by atoms with Crippen LogP contribution in [0, 0.1) is 11.3 Å². The molecule has 26 heavy (non-hydrogen) atoms. The lowest BCUT2D eigenvalue weighted by Gasteiger charge is -2.10. The lowest BCUT2D eigenvalue weighted by atomic mass is 10.1. The van der Waals surface area contributed by atoms with Gasteiger partial charge in [-0.2, -0.15) is 18.4 Å². The Morgan fingerprint density at radius 3 is 2.58 bits per heavy atom. The number of rotatable bonds is 4. The van der Waals surface area contributed by atoms with E-state index in [2.05, 4.69) is 5.32 Å². The van der Waals surface area contributed by atoms with E-state index in [1.165, 1.54) is 18.2 Å². The Bertz CT molecular complexity index is 892. The molecule has 0 aromatic heterocycles. The van der Waals surface area contributed by atoms with Gasteiger partial charge < -0.3 is 10.1 Å². The first kappa shape index (κ1) is 19.3. The van der Waals surface area contributed by atoms with Crippen molar-refractivity contribution in [1.29, 1.82) is 5.26 Å². The molecular weight excluding hydrogens is 373 g/mol. The van der Waals surface area contributed by atoms with Crippen LogP contribution in [0.2, 0.25) is 5.02 Å². The molecule has 2 aromatic rings. The van der Waals surface area contributed by atoms with Gasteiger partial charge in [-0.15, -0.1) is 0 Å². The third-order valence-electron chi connectivity index (χ3n) is 3.14. The minimum atomic E-state index is -4.60. The molecule has 0 aliphatic carbocycles. The predicted molar refractivity (Wildman–Crippen MR) is 86.5 cm³/mol. The van der Waals surface area contributed by atoms with Crippen molar-refractivity contribution in [2.75, 3.05) is 11.9 Å². The van der Waals surface area contributed by atoms with Gasteiger partial charge in [-0.05, 0) is 36.4 Å². The van der Waals surface area contributed by atoms with Gasteiger partial charge in [0.2, 0.25) is 0 Å². The molecule has 2 rings (SSSR count). The van der Waals surface area contributed by atoms with Gasteiger partial charge in [0.1, 0.15) is 6.07 Å². The van der Waals surface area contributed by atoms with Crippen LogP contribution < -0.4 is 5.32 Å². The molecule has 134 valence electrons. The van der Waals surface area contributed by atoms with Crippen LogP contribution in [0.4, 0.5) is 18.9 Å². The molecule has 0 fully saturated rings. The Balaban J connectivity index is 2.01. The highest BCUT2D eigenvalue weighted by Crippen LogP contribution is 2.29. The van der Waals surface area contributed by atoms with E-state index in [1.807, 2.05) is 6.07 Å². The number of ether oxygens (including phenoxy) is 1. The zero-order chi connectivity index (χ0) is 19.3. The maximum atomic E-state index is 12.6. The fourth-order valence-corrected chi connectivity index (χ4v) is 2.11. The van der Waals surface area contributed by atoms with E-state index in [9.17, 15) is 22.8 Å². The molecule has 0 saturated carbocycles. The lowest BCUT2D eigenvalue weighted by molar-refractivity contribution is -0.137. The number of halogens is 4. The number of carbonyl (C=O) groups excluding carboxylic acids is 2. The van der Waals surface area contributed by atoms with E-state index in [0.29, 0.717) is 6.07 Å². The van der Waals surface area contributed by atoms with Gasteiger partial charge in [-0.3, -0.25) is 4.79 Å². The summed E-state index contributed by atoms with van der Waals surface area (Å²) in [5, 5.41) is 11.6. The second-order valence-corrected chi connectivity index (χ2v) is 5.44. The van der Waals surface area contributed by atoms with Crippen LogP contribution in [0.15, 0.2) is 42.5 Å². The number of benzene rings is 2. The molecule has 1 amide bonds. The molecule has 0 radical (unpaired) electrons. The molecule has 0 unspecified atom stereocenters. The average molecular weight is 383 g/mol. The lowest BCUT2D eigenvalue weighted by Crippen LogP contribution is -2.21. The number of carbonyl (C=O) groups is 2. The highest BCUT2D eigenvalue weighted by atomic mass is 35.5. The fourth-order valence-electron chi connectivity index (χ4n) is 1.94. The minimum absolute atomic E-state index is 0.125. The van der Waals surface area contributed by atoms with Crippen molar-refractivity contribution in [2.24, 2.45) is 0 Å². The van der Waals surface area contributed by atoms with Gasteiger partial charge in [0.15, 0.2) is 6.61 Å². The first-order valence-electron chi connectivity index (χ1n) is 7.04. The first-order valence-corrected chi connectivity index (χ1v) is 7.42. The Kier molecular flexibility index (Phi) is 5.85. The SMILES string of the molecule is N#Cc1ccc(Cl)cc1NC(=O)COC(=O)c1cccc(C(F)(F)F)c1. The Morgan fingerprint density at radius 1 is 1.19 bits per heavy atom. The van der Waals surface area contributed by atoms with E-state index in [1.54, 1.807) is 0 Å². The molecule has 0 saturated heterocycles. The molecular formula is C17H10ClF3N2O3. The number of esters is 1. The van der Waals surface area contributed by atoms with Gasteiger partial charge in [0.25, 0.3) is 5.91 Å². The number of nitrogens with zero attached hydrogens (tertiary/aromatic N) is 1. The van der Waals surface area contributed by atoms with Crippen LogP contribution in [0.5, 0.6) is 0 Å². The van der Waals surface area contributed by atoms with Crippen LogP contribution in [-0.2, 0) is 15.7 Å². The summed E-state index contributed by atoms with van der Waals surface area (Å²) in [5.74, 6) is -1.86. The van der Waals surface area contributed by atoms with Crippen LogP contribution in [0.3, 0.4) is 0 Å². The molecule has 0 bridgehead atoms. The smallest absolute Gasteiger partial charge is 0.416 e. The Labute approximate surface area is 150 Å². The molecule has 5 nitrogen and oxygen atoms in total. The predicted octanol–water partition coefficient (Wildman–Crippen LogP) is 4.03. The zero-order valence-electron chi connectivity index (χ0n) is 12.9. The second-order valence-electron chi connectivity index (χ2n) is 5.00. The molecule has 9 heteroatoms. The van der Waals surface area contributed by atoms with Crippen LogP contribution in [0.25, 0.3) is 0 Å². The maximum Gasteiger partial charge on any atom is 0.416 e. The summed E-state index contributed by atoms with van der Waals surface area (Å²) in [5.41, 5.74) is -1.07. The Hall–Kier alpha value is -3.05. The molecule has 0 atom stereocenters. The third kappa shape index (κ3) is 4.97. The summed E-state index contributed by atoms with van der Waals surface area (Å²) in [6, 6.07) is 9.69. The van der Waals surface area contributed by atoms with Gasteiger partial charge in [0.05, 0.1) is 22.4 Å². The summed E-state index contributed by atoms with van der Waals surface area (Å²) in [4.78, 5) is 23.6. The number of nitrogens with one attached hydrogen (secondary N) is 1. The monoisotopic (exact) mass is 382 g/mol. The summed E-state index contributed by atoms with van der Waals surface area (Å²) in [6.45, 7) is -0.744. The highest BCUT2D eigenvalue weighted by molar-refractivity contribution is 6.31. The van der Waals surface area contributed by atoms with Crippen molar-refractivity contribution in [3.8, 4) is 6.07 Å². The molecule has 2 aromatic carbocycles. The van der Waals surface area contributed by atoms with Crippen molar-refractivity contribution in [1.82, 2.24) is 0 Å². The minimum Gasteiger partial charge on any atom is -0.452 e.